The van der Waals surface area contributed by atoms with Gasteiger partial charge in [-0.1, -0.05) is 0 Å². The Balaban J connectivity index is 1.95. The Morgan fingerprint density at radius 3 is 2.75 bits per heavy atom. The van der Waals surface area contributed by atoms with Gasteiger partial charge in [-0.25, -0.2) is 4.98 Å². The van der Waals surface area contributed by atoms with E-state index in [2.05, 4.69) is 10.3 Å². The number of rotatable bonds is 3. The predicted molar refractivity (Wildman–Crippen MR) is 61.4 cm³/mol. The summed E-state index contributed by atoms with van der Waals surface area (Å²) in [4.78, 5) is 15.7. The molecule has 1 aromatic carbocycles. The monoisotopic (exact) mass is 234 g/mol. The van der Waals surface area contributed by atoms with E-state index in [9.17, 15) is 4.79 Å². The van der Waals surface area contributed by atoms with Crippen LogP contribution in [0.1, 0.15) is 16.1 Å². The van der Waals surface area contributed by atoms with Gasteiger partial charge in [0, 0.05) is 10.9 Å². The number of phenols is 1. The summed E-state index contributed by atoms with van der Waals surface area (Å²) in [5, 5.41) is 13.7. The lowest BCUT2D eigenvalue weighted by Crippen LogP contribution is -2.22. The Kier molecular flexibility index (Phi) is 3.16. The van der Waals surface area contributed by atoms with E-state index in [4.69, 9.17) is 5.11 Å². The smallest absolute Gasteiger partial charge is 0.251 e. The molecular formula is C11H10N2O2S. The zero-order chi connectivity index (χ0) is 11.4. The van der Waals surface area contributed by atoms with Crippen LogP contribution in [-0.4, -0.2) is 16.0 Å². The molecule has 2 N–H and O–H groups in total. The standard InChI is InChI=1S/C11H10N2O2S/c14-10-3-1-8(2-4-10)11(15)12-5-9-6-16-7-13-9/h1-4,6-7,14H,5H2,(H,12,15). The van der Waals surface area contributed by atoms with Gasteiger partial charge in [-0.2, -0.15) is 0 Å². The normalized spacial score (nSPS) is 10.0. The average Bonchev–Trinajstić information content (AvgIpc) is 2.80. The second kappa shape index (κ2) is 4.76. The second-order valence-corrected chi connectivity index (χ2v) is 3.93. The molecule has 1 amide bonds. The van der Waals surface area contributed by atoms with E-state index < -0.39 is 0 Å². The van der Waals surface area contributed by atoms with E-state index >= 15 is 0 Å². The molecule has 0 unspecified atom stereocenters. The first-order chi connectivity index (χ1) is 7.75. The number of carbonyl (C=O) groups is 1. The fourth-order valence-electron chi connectivity index (χ4n) is 1.21. The number of hydrogen-bond donors (Lipinski definition) is 2. The number of thiazole rings is 1. The van der Waals surface area contributed by atoms with Gasteiger partial charge in [0.15, 0.2) is 0 Å². The van der Waals surface area contributed by atoms with Crippen molar-refractivity contribution in [3.63, 3.8) is 0 Å². The maximum Gasteiger partial charge on any atom is 0.251 e. The number of phenolic OH excluding ortho intramolecular Hbond substituents is 1. The minimum absolute atomic E-state index is 0.149. The van der Waals surface area contributed by atoms with Crippen LogP contribution in [0.3, 0.4) is 0 Å². The van der Waals surface area contributed by atoms with E-state index in [1.165, 1.54) is 23.5 Å². The fourth-order valence-corrected chi connectivity index (χ4v) is 1.77. The van der Waals surface area contributed by atoms with Crippen molar-refractivity contribution in [2.45, 2.75) is 6.54 Å². The topological polar surface area (TPSA) is 62.2 Å². The molecule has 16 heavy (non-hydrogen) atoms. The highest BCUT2D eigenvalue weighted by Gasteiger charge is 2.05. The van der Waals surface area contributed by atoms with E-state index in [1.807, 2.05) is 5.38 Å². The molecule has 0 fully saturated rings. The van der Waals surface area contributed by atoms with Gasteiger partial charge in [-0.15, -0.1) is 11.3 Å². The van der Waals surface area contributed by atoms with Gasteiger partial charge in [0.2, 0.25) is 0 Å². The van der Waals surface area contributed by atoms with Crippen molar-refractivity contribution >= 4 is 17.2 Å². The molecule has 4 nitrogen and oxygen atoms in total. The zero-order valence-electron chi connectivity index (χ0n) is 8.38. The number of amides is 1. The molecule has 0 spiro atoms. The summed E-state index contributed by atoms with van der Waals surface area (Å²) < 4.78 is 0. The maximum atomic E-state index is 11.6. The Hall–Kier alpha value is -1.88. The number of carbonyl (C=O) groups excluding carboxylic acids is 1. The predicted octanol–water partition coefficient (Wildman–Crippen LogP) is 1.78. The molecule has 0 atom stereocenters. The molecule has 5 heteroatoms. The summed E-state index contributed by atoms with van der Waals surface area (Å²) in [6, 6.07) is 6.12. The number of aromatic nitrogens is 1. The van der Waals surface area contributed by atoms with Crippen LogP contribution in [0.4, 0.5) is 0 Å². The first-order valence-corrected chi connectivity index (χ1v) is 5.64. The molecule has 1 heterocycles. The zero-order valence-corrected chi connectivity index (χ0v) is 9.20. The van der Waals surface area contributed by atoms with Gasteiger partial charge in [0.05, 0.1) is 17.7 Å². The third kappa shape index (κ3) is 2.58. The van der Waals surface area contributed by atoms with Crippen molar-refractivity contribution in [1.82, 2.24) is 10.3 Å². The molecule has 2 rings (SSSR count). The Labute approximate surface area is 96.6 Å². The van der Waals surface area contributed by atoms with Crippen LogP contribution >= 0.6 is 11.3 Å². The van der Waals surface area contributed by atoms with E-state index in [0.717, 1.165) is 5.69 Å². The first kappa shape index (κ1) is 10.6. The molecule has 0 saturated heterocycles. The maximum absolute atomic E-state index is 11.6. The van der Waals surface area contributed by atoms with E-state index in [0.29, 0.717) is 12.1 Å². The van der Waals surface area contributed by atoms with Gasteiger partial charge < -0.3 is 10.4 Å². The Morgan fingerprint density at radius 2 is 2.12 bits per heavy atom. The largest absolute Gasteiger partial charge is 0.508 e. The number of hydrogen-bond acceptors (Lipinski definition) is 4. The van der Waals surface area contributed by atoms with E-state index in [-0.39, 0.29) is 11.7 Å². The summed E-state index contributed by atoms with van der Waals surface area (Å²) in [5.41, 5.74) is 3.09. The summed E-state index contributed by atoms with van der Waals surface area (Å²) in [6.07, 6.45) is 0. The molecule has 0 aliphatic carbocycles. The molecule has 0 bridgehead atoms. The average molecular weight is 234 g/mol. The van der Waals surface area contributed by atoms with Crippen molar-refractivity contribution in [3.8, 4) is 5.75 Å². The fraction of sp³-hybridized carbons (Fsp3) is 0.0909. The van der Waals surface area contributed by atoms with Gasteiger partial charge in [0.1, 0.15) is 5.75 Å². The molecule has 1 aromatic heterocycles. The highest BCUT2D eigenvalue weighted by molar-refractivity contribution is 7.07. The first-order valence-electron chi connectivity index (χ1n) is 4.70. The number of aromatic hydroxyl groups is 1. The minimum Gasteiger partial charge on any atom is -0.508 e. The Bertz CT molecular complexity index is 465. The van der Waals surface area contributed by atoms with Crippen LogP contribution in [-0.2, 0) is 6.54 Å². The van der Waals surface area contributed by atoms with Gasteiger partial charge in [-0.05, 0) is 24.3 Å². The molecule has 0 aliphatic heterocycles. The minimum atomic E-state index is -0.173. The lowest BCUT2D eigenvalue weighted by atomic mass is 10.2. The van der Waals surface area contributed by atoms with Crippen LogP contribution < -0.4 is 5.32 Å². The van der Waals surface area contributed by atoms with Crippen LogP contribution in [0.5, 0.6) is 5.75 Å². The van der Waals surface area contributed by atoms with Crippen LogP contribution in [0, 0.1) is 0 Å². The summed E-state index contributed by atoms with van der Waals surface area (Å²) >= 11 is 1.49. The summed E-state index contributed by atoms with van der Waals surface area (Å²) in [5.74, 6) is -0.0240. The molecule has 0 saturated carbocycles. The molecule has 0 aliphatic rings. The molecule has 2 aromatic rings. The highest BCUT2D eigenvalue weighted by Crippen LogP contribution is 2.09. The second-order valence-electron chi connectivity index (χ2n) is 3.21. The number of nitrogens with one attached hydrogen (secondary N) is 1. The third-order valence-electron chi connectivity index (χ3n) is 2.04. The van der Waals surface area contributed by atoms with Gasteiger partial charge >= 0.3 is 0 Å². The van der Waals surface area contributed by atoms with Crippen molar-refractivity contribution in [3.05, 3.63) is 46.4 Å². The van der Waals surface area contributed by atoms with Crippen molar-refractivity contribution in [2.24, 2.45) is 0 Å². The molecule has 82 valence electrons. The number of benzene rings is 1. The third-order valence-corrected chi connectivity index (χ3v) is 2.68. The lowest BCUT2D eigenvalue weighted by molar-refractivity contribution is 0.0950. The van der Waals surface area contributed by atoms with E-state index in [1.54, 1.807) is 17.6 Å². The summed E-state index contributed by atoms with van der Waals surface area (Å²) in [6.45, 7) is 0.420. The lowest BCUT2D eigenvalue weighted by Gasteiger charge is -2.03. The SMILES string of the molecule is O=C(NCc1cscn1)c1ccc(O)cc1. The van der Waals surface area contributed by atoms with Crippen molar-refractivity contribution in [1.29, 1.82) is 0 Å². The van der Waals surface area contributed by atoms with Crippen molar-refractivity contribution in [2.75, 3.05) is 0 Å². The highest BCUT2D eigenvalue weighted by atomic mass is 32.1. The Morgan fingerprint density at radius 1 is 1.38 bits per heavy atom. The number of nitrogens with zero attached hydrogens (tertiary/aromatic N) is 1. The van der Waals surface area contributed by atoms with Crippen LogP contribution in [0.2, 0.25) is 0 Å². The quantitative estimate of drug-likeness (QED) is 0.851. The van der Waals surface area contributed by atoms with Gasteiger partial charge in [0.25, 0.3) is 5.91 Å². The molecular weight excluding hydrogens is 224 g/mol. The van der Waals surface area contributed by atoms with Crippen molar-refractivity contribution < 1.29 is 9.90 Å². The van der Waals surface area contributed by atoms with Crippen LogP contribution in [0.25, 0.3) is 0 Å². The molecule has 0 radical (unpaired) electrons. The summed E-state index contributed by atoms with van der Waals surface area (Å²) in [7, 11) is 0. The van der Waals surface area contributed by atoms with Crippen LogP contribution in [0.15, 0.2) is 35.2 Å². The van der Waals surface area contributed by atoms with Gasteiger partial charge in [-0.3, -0.25) is 4.79 Å².